The molecule has 0 radical (unpaired) electrons. The van der Waals surface area contributed by atoms with Gasteiger partial charge in [-0.2, -0.15) is 0 Å². The van der Waals surface area contributed by atoms with Crippen LogP contribution in [-0.4, -0.2) is 52.3 Å². The van der Waals surface area contributed by atoms with E-state index in [2.05, 4.69) is 0 Å². The lowest BCUT2D eigenvalue weighted by Gasteiger charge is -2.61. The van der Waals surface area contributed by atoms with E-state index in [4.69, 9.17) is 18.9 Å². The standard InChI is InChI=1S/C130H14O8/c1-135-123(131)121(124(132)136-2)127-109-93-75-61-35-21-9-11-15-7-5-13(9)31(35)43-39-17(5)25-19(7)41-45-33(15)37-23(11)29-27(21)49-65-51(29)69-63(37)77-73(45)81-55(41)59-47(25)57-53(39)79(71(43)75)101(109)105-83(57)85(59)107-103(81)111-95(77)89(69)99-91(65)97(87(93)67(49)61)113(127)117(99)129(111,119(107)115(105)127)130-112-96-78-64-38-24-12-10-14-6-8-16(12)34(38)46-42-20(8)26-18(6)40-44-32(14)36-22(10)28-30(24)52-66-50(28)68-62(36)76-72(44)80-54(40)58-48(26)60-56(42)82(74(46)78)104(112)108-86(60)84(58)106-102(80)110-94(76)88(68)98-92(66)100(90(96)70(52)64)118(130)114(98)128(110,116(106)120(108)130)122(125(133)137-3)126(134)138-4/h121-122H,1-4H3. The lowest BCUT2D eigenvalue weighted by Crippen LogP contribution is -2.61. The van der Waals surface area contributed by atoms with Gasteiger partial charge in [-0.05, 0) is 627 Å². The summed E-state index contributed by atoms with van der Waals surface area (Å²) in [4.78, 5) is 71.8. The van der Waals surface area contributed by atoms with E-state index in [1.807, 2.05) is 0 Å². The van der Waals surface area contributed by atoms with Crippen molar-refractivity contribution in [1.82, 2.24) is 0 Å². The minimum absolute atomic E-state index is 0.555. The molecule has 0 saturated heterocycles. The highest BCUT2D eigenvalue weighted by atomic mass is 16.6. The van der Waals surface area contributed by atoms with Crippen molar-refractivity contribution in [2.75, 3.05) is 28.4 Å². The summed E-state index contributed by atoms with van der Waals surface area (Å²) in [5, 5.41) is 148. The molecule has 0 spiro atoms. The number of carbonyl (C=O) groups excluding carboxylic acids is 4. The van der Waals surface area contributed by atoms with Crippen molar-refractivity contribution in [1.29, 1.82) is 0 Å². The van der Waals surface area contributed by atoms with Gasteiger partial charge in [0.1, 0.15) is 0 Å². The molecule has 582 valence electrons. The molecule has 10 aliphatic carbocycles. The first-order chi connectivity index (χ1) is 68.4. The van der Waals surface area contributed by atoms with E-state index >= 15 is 19.2 Å². The molecule has 0 fully saturated rings. The fourth-order valence-corrected chi connectivity index (χ4v) is 50.0. The first-order valence-corrected chi connectivity index (χ1v) is 50.2. The SMILES string of the molecule is COC(=O)C(C(=O)OC)C12c3c4c5c6c7c8c9c%10c(c1c1c%11c2c2c%12c3c5c3c5c%12c%12c2c2c%11c%11c%13c1c%10c1c%10c9c9c7c7c6c3c3c5c5c%12c6c2c%11c2c(c%131)c1c%10c9c9c7c3c3c9c1c2c6c53)C48C12c3c4c5c6c7c8c9c%10c(c1c1c%11c2c2c%12c3c5c3c5c6c6c7c7c9c9c%13c%10c1c1c%10c%11c%11c2c2c%12c3c3c5c5c6c6c7c9c7c(c%131)c1c%10c%11c9c2c3c2c9c1c7c6c52)C48C(C(=O)OC)C(=O)OC. The van der Waals surface area contributed by atoms with Gasteiger partial charge in [0.2, 0.25) is 0 Å². The Balaban J connectivity index is 0.779. The topological polar surface area (TPSA) is 105 Å². The first kappa shape index (κ1) is 52.5. The molecule has 4 unspecified atom stereocenters. The third-order valence-electron chi connectivity index (χ3n) is 49.8. The molecule has 8 nitrogen and oxygen atoms in total. The van der Waals surface area contributed by atoms with Crippen LogP contribution in [0.15, 0.2) is 0 Å². The molecule has 0 bridgehead atoms. The molecule has 64 rings (SSSR count). The van der Waals surface area contributed by atoms with Gasteiger partial charge in [-0.1, -0.05) is 0 Å². The van der Waals surface area contributed by atoms with Crippen molar-refractivity contribution in [3.8, 4) is 0 Å². The van der Waals surface area contributed by atoms with Crippen molar-refractivity contribution in [3.63, 3.8) is 0 Å². The molecule has 4 atom stereocenters. The van der Waals surface area contributed by atoms with E-state index in [1.54, 1.807) is 28.4 Å². The van der Waals surface area contributed by atoms with E-state index in [-0.39, 0.29) is 0 Å². The van der Waals surface area contributed by atoms with Gasteiger partial charge in [-0.15, -0.1) is 0 Å². The van der Waals surface area contributed by atoms with Gasteiger partial charge >= 0.3 is 23.9 Å². The molecule has 10 aliphatic rings. The van der Waals surface area contributed by atoms with E-state index < -0.39 is 57.4 Å². The monoisotopic (exact) mass is 1700 g/mol. The maximum atomic E-state index is 17.9. The number of ether oxygens (including phenoxy) is 4. The molecule has 0 N–H and O–H groups in total. The summed E-state index contributed by atoms with van der Waals surface area (Å²) in [5.74, 6) is -5.27. The van der Waals surface area contributed by atoms with Gasteiger partial charge in [0.25, 0.3) is 0 Å². The van der Waals surface area contributed by atoms with E-state index in [0.29, 0.717) is 0 Å². The average Bonchev–Trinajstić information content (AvgIpc) is 1.37. The van der Waals surface area contributed by atoms with Gasteiger partial charge < -0.3 is 18.9 Å². The van der Waals surface area contributed by atoms with Crippen LogP contribution >= 0.6 is 0 Å². The van der Waals surface area contributed by atoms with Crippen LogP contribution in [0.3, 0.4) is 0 Å². The van der Waals surface area contributed by atoms with E-state index in [1.165, 1.54) is 594 Å². The Labute approximate surface area is 745 Å². The molecule has 0 amide bonds. The second-order valence-corrected chi connectivity index (χ2v) is 49.6. The molecule has 0 saturated carbocycles. The Bertz CT molecular complexity index is 15500. The van der Waals surface area contributed by atoms with Crippen LogP contribution in [0.2, 0.25) is 0 Å². The van der Waals surface area contributed by atoms with Gasteiger partial charge in [0, 0.05) is 0 Å². The smallest absolute Gasteiger partial charge is 0.321 e. The Kier molecular flexibility index (Phi) is 4.53. The summed E-state index contributed by atoms with van der Waals surface area (Å²) >= 11 is 0. The van der Waals surface area contributed by atoms with Gasteiger partial charge in [-0.25, -0.2) is 0 Å². The summed E-state index contributed by atoms with van der Waals surface area (Å²) in [5.41, 5.74) is 9.15. The van der Waals surface area contributed by atoms with Crippen molar-refractivity contribution in [3.05, 3.63) is 66.8 Å². The fourth-order valence-electron chi connectivity index (χ4n) is 50.0. The number of carbonyl (C=O) groups is 4. The van der Waals surface area contributed by atoms with Crippen LogP contribution in [0.1, 0.15) is 66.8 Å². The highest BCUT2D eigenvalue weighted by Gasteiger charge is 2.82. The summed E-state index contributed by atoms with van der Waals surface area (Å²) < 4.78 is 27.3. The highest BCUT2D eigenvalue weighted by Crippen LogP contribution is 2.94. The van der Waals surface area contributed by atoms with Crippen LogP contribution in [0.5, 0.6) is 0 Å². The number of methoxy groups -OCH3 is 4. The average molecular weight is 1700 g/mol. The summed E-state index contributed by atoms with van der Waals surface area (Å²) in [6.07, 6.45) is 0. The third-order valence-corrected chi connectivity index (χ3v) is 49.8. The quantitative estimate of drug-likeness (QED) is 0.0672. The van der Waals surface area contributed by atoms with E-state index in [0.717, 1.165) is 33.4 Å². The second-order valence-electron chi connectivity index (χ2n) is 49.6. The third kappa shape index (κ3) is 2.77. The number of hydrogen-bond acceptors (Lipinski definition) is 8. The Morgan fingerprint density at radius 2 is 0.196 bits per heavy atom. The minimum atomic E-state index is -1.58. The molecule has 138 heavy (non-hydrogen) atoms. The number of hydrogen-bond donors (Lipinski definition) is 0. The van der Waals surface area contributed by atoms with Crippen molar-refractivity contribution >= 4 is 584 Å². The van der Waals surface area contributed by atoms with Crippen molar-refractivity contribution in [2.45, 2.75) is 21.7 Å². The second kappa shape index (κ2) is 11.9. The molecule has 0 aliphatic heterocycles. The zero-order chi connectivity index (χ0) is 83.3. The molecule has 0 aromatic heterocycles. The Morgan fingerprint density at radius 1 is 0.116 bits per heavy atom. The largest absolute Gasteiger partial charge is 0.468 e. The van der Waals surface area contributed by atoms with Crippen molar-refractivity contribution < 1.29 is 38.1 Å². The summed E-state index contributed by atoms with van der Waals surface area (Å²) in [6, 6.07) is 0. The fraction of sp³-hybridized carbons (Fsp3) is 0.0769. The van der Waals surface area contributed by atoms with Gasteiger partial charge in [-0.3, -0.25) is 19.2 Å². The molecule has 8 heteroatoms. The summed E-state index contributed by atoms with van der Waals surface area (Å²) in [7, 11) is 6.29. The van der Waals surface area contributed by atoms with Gasteiger partial charge in [0.15, 0.2) is 11.8 Å². The lowest BCUT2D eigenvalue weighted by molar-refractivity contribution is -0.162. The van der Waals surface area contributed by atoms with Crippen LogP contribution < -0.4 is 0 Å². The van der Waals surface area contributed by atoms with Crippen LogP contribution in [0, 0.1) is 11.8 Å². The molecule has 54 aromatic carbocycles. The van der Waals surface area contributed by atoms with Crippen LogP contribution in [-0.2, 0) is 59.8 Å². The molecular weight excluding hydrogens is 1690 g/mol. The molecule has 54 aromatic rings. The minimum Gasteiger partial charge on any atom is -0.468 e. The predicted octanol–water partition coefficient (Wildman–Crippen LogP) is 30.9. The Hall–Kier alpha value is -17.2. The Morgan fingerprint density at radius 3 is 0.333 bits per heavy atom. The number of rotatable bonds is 7. The number of benzene rings is 34. The maximum absolute atomic E-state index is 17.9. The predicted molar refractivity (Wildman–Crippen MR) is 559 cm³/mol. The zero-order valence-corrected chi connectivity index (χ0v) is 70.4. The lowest BCUT2D eigenvalue weighted by atomic mass is 9.38. The normalized spacial score (nSPS) is 22.0. The summed E-state index contributed by atoms with van der Waals surface area (Å²) in [6.45, 7) is 0. The van der Waals surface area contributed by atoms with Crippen LogP contribution in [0.25, 0.3) is 560 Å². The van der Waals surface area contributed by atoms with Gasteiger partial charge in [0.05, 0.1) is 50.1 Å². The van der Waals surface area contributed by atoms with Crippen LogP contribution in [0.4, 0.5) is 0 Å². The molecular formula is C130H14O8. The first-order valence-electron chi connectivity index (χ1n) is 50.2. The van der Waals surface area contributed by atoms with E-state index in [9.17, 15) is 0 Å². The number of esters is 4. The highest BCUT2D eigenvalue weighted by molar-refractivity contribution is 6.87. The zero-order valence-electron chi connectivity index (χ0n) is 70.4. The maximum Gasteiger partial charge on any atom is 0.321 e. The molecule has 0 heterocycles. The van der Waals surface area contributed by atoms with Crippen molar-refractivity contribution in [2.24, 2.45) is 11.8 Å².